The Balaban J connectivity index is 0.000000169. The summed E-state index contributed by atoms with van der Waals surface area (Å²) < 4.78 is 22.9. The average Bonchev–Trinajstić information content (AvgIpc) is 4.16. The van der Waals surface area contributed by atoms with E-state index in [9.17, 15) is 0 Å². The van der Waals surface area contributed by atoms with Gasteiger partial charge in [-0.05, 0) is 154 Å². The zero-order valence-corrected chi connectivity index (χ0v) is 44.8. The van der Waals surface area contributed by atoms with Crippen molar-refractivity contribution >= 4 is 0 Å². The third-order valence-corrected chi connectivity index (χ3v) is 16.3. The van der Waals surface area contributed by atoms with Gasteiger partial charge in [0.25, 0.3) is 0 Å². The van der Waals surface area contributed by atoms with E-state index >= 15 is 0 Å². The molecule has 0 spiro atoms. The minimum Gasteiger partial charge on any atom is -0.370 e. The molecule has 0 saturated carbocycles. The topological polar surface area (TPSA) is 50.1 Å². The molecule has 0 bridgehead atoms. The van der Waals surface area contributed by atoms with E-state index in [1.807, 2.05) is 0 Å². The van der Waals surface area contributed by atoms with Crippen LogP contribution in [0.1, 0.15) is 308 Å². The Hall–Kier alpha value is -1.20. The number of ether oxygens (including phenoxy) is 4. The molecule has 0 N–H and O–H groups in total. The molecule has 4 aliphatic heterocycles. The van der Waals surface area contributed by atoms with Gasteiger partial charge in [-0.15, -0.1) is 0 Å². The number of fused-ring (bicyclic) bond motifs is 4. The summed E-state index contributed by atoms with van der Waals surface area (Å²) >= 11 is 0. The van der Waals surface area contributed by atoms with Crippen molar-refractivity contribution in [1.29, 1.82) is 0 Å². The number of epoxide rings is 4. The van der Waals surface area contributed by atoms with Crippen LogP contribution in [0, 0.1) is 0 Å². The number of allylic oxidation sites excluding steroid dienone is 8. The summed E-state index contributed by atoms with van der Waals surface area (Å²) in [5.74, 6) is 0. The standard InChI is InChI=1S/4C16H28O/c4*1-2-4-6-8-10-12-14-16-15(17-16)13-11-9-7-5-3-1/h4*1-2,15-16H,3-14H2/b2*2-1+;2*2-1-/t15-,16+;15-,16-;15-,16+;15-,16-/m.0.1/s1. The molecule has 0 amide bonds. The van der Waals surface area contributed by atoms with E-state index in [0.717, 1.165) is 0 Å². The molecule has 4 heterocycles. The van der Waals surface area contributed by atoms with Crippen molar-refractivity contribution in [3.05, 3.63) is 48.6 Å². The zero-order valence-electron chi connectivity index (χ0n) is 44.8. The molecule has 0 unspecified atom stereocenters. The maximum absolute atomic E-state index is 5.73. The highest BCUT2D eigenvalue weighted by atomic mass is 16.6. The van der Waals surface area contributed by atoms with Gasteiger partial charge in [-0.25, -0.2) is 0 Å². The van der Waals surface area contributed by atoms with Crippen molar-refractivity contribution in [2.75, 3.05) is 0 Å². The first kappa shape index (κ1) is 57.7. The Morgan fingerprint density at radius 1 is 0.147 bits per heavy atom. The minimum atomic E-state index is 0.641. The van der Waals surface area contributed by atoms with Gasteiger partial charge in [0.1, 0.15) is 0 Å². The summed E-state index contributed by atoms with van der Waals surface area (Å²) in [6.45, 7) is 0. The molecule has 8 rings (SSSR count). The van der Waals surface area contributed by atoms with E-state index in [4.69, 9.17) is 18.9 Å². The highest BCUT2D eigenvalue weighted by molar-refractivity contribution is 4.89. The van der Waals surface area contributed by atoms with E-state index in [1.165, 1.54) is 308 Å². The van der Waals surface area contributed by atoms with Gasteiger partial charge in [0, 0.05) is 0 Å². The molecule has 68 heavy (non-hydrogen) atoms. The van der Waals surface area contributed by atoms with Crippen LogP contribution in [-0.2, 0) is 18.9 Å². The van der Waals surface area contributed by atoms with E-state index < -0.39 is 0 Å². The first-order valence-corrected chi connectivity index (χ1v) is 31.1. The monoisotopic (exact) mass is 945 g/mol. The molecule has 4 aliphatic carbocycles. The van der Waals surface area contributed by atoms with Crippen LogP contribution >= 0.6 is 0 Å². The van der Waals surface area contributed by atoms with Gasteiger partial charge in [-0.2, -0.15) is 0 Å². The summed E-state index contributed by atoms with van der Waals surface area (Å²) in [7, 11) is 0. The summed E-state index contributed by atoms with van der Waals surface area (Å²) in [5.41, 5.74) is 0. The van der Waals surface area contributed by atoms with Crippen LogP contribution in [0.25, 0.3) is 0 Å². The van der Waals surface area contributed by atoms with Crippen molar-refractivity contribution in [1.82, 2.24) is 0 Å². The highest BCUT2D eigenvalue weighted by Crippen LogP contribution is 2.35. The molecule has 0 aromatic heterocycles. The summed E-state index contributed by atoms with van der Waals surface area (Å²) in [4.78, 5) is 0. The number of rotatable bonds is 0. The molecular weight excluding hydrogens is 833 g/mol. The molecule has 8 aliphatic rings. The molecule has 392 valence electrons. The number of hydrogen-bond acceptors (Lipinski definition) is 4. The van der Waals surface area contributed by atoms with Gasteiger partial charge in [-0.1, -0.05) is 203 Å². The average molecular weight is 946 g/mol. The van der Waals surface area contributed by atoms with Crippen molar-refractivity contribution in [3.8, 4) is 0 Å². The largest absolute Gasteiger partial charge is 0.370 e. The van der Waals surface area contributed by atoms with Crippen LogP contribution in [0.4, 0.5) is 0 Å². The van der Waals surface area contributed by atoms with Crippen molar-refractivity contribution < 1.29 is 18.9 Å². The maximum Gasteiger partial charge on any atom is 0.0841 e. The Bertz CT molecular complexity index is 990. The smallest absolute Gasteiger partial charge is 0.0841 e. The Labute approximate surface area is 422 Å². The molecule has 4 nitrogen and oxygen atoms in total. The van der Waals surface area contributed by atoms with E-state index in [2.05, 4.69) is 48.6 Å². The second-order valence-electron chi connectivity index (χ2n) is 22.7. The predicted octanol–water partition coefficient (Wildman–Crippen LogP) is 20.0. The second-order valence-corrected chi connectivity index (χ2v) is 22.7. The van der Waals surface area contributed by atoms with Crippen LogP contribution < -0.4 is 0 Å². The maximum atomic E-state index is 5.73. The minimum absolute atomic E-state index is 0.641. The molecule has 0 aromatic carbocycles. The first-order chi connectivity index (χ1) is 33.9. The molecule has 4 saturated heterocycles. The van der Waals surface area contributed by atoms with Gasteiger partial charge in [0.15, 0.2) is 0 Å². The number of hydrogen-bond donors (Lipinski definition) is 0. The van der Waals surface area contributed by atoms with Gasteiger partial charge in [0.2, 0.25) is 0 Å². The summed E-state index contributed by atoms with van der Waals surface area (Å²) in [5, 5.41) is 0. The summed E-state index contributed by atoms with van der Waals surface area (Å²) in [6, 6.07) is 0. The van der Waals surface area contributed by atoms with Gasteiger partial charge < -0.3 is 18.9 Å². The molecule has 8 atom stereocenters. The Kier molecular flexibility index (Phi) is 34.2. The van der Waals surface area contributed by atoms with Crippen LogP contribution in [0.5, 0.6) is 0 Å². The second kappa shape index (κ2) is 40.3. The lowest BCUT2D eigenvalue weighted by molar-refractivity contribution is 0.347. The SMILES string of the molecule is C1=C/CCCCCC[C@@H]2O[C@H]2CCCCCC/1.C1=C/CCCCCC[C@H]2O[C@H]2CCCCCC/1.C1=C\CCCCCC[C@H]2O[C@@H]2CCCCCC/1.C1=C\CCCCCC[C@H]2O[C@H]2CCCCCC/1. The lowest BCUT2D eigenvalue weighted by Crippen LogP contribution is -1.95. The third-order valence-electron chi connectivity index (χ3n) is 16.3. The van der Waals surface area contributed by atoms with Gasteiger partial charge in [-0.3, -0.25) is 0 Å². The fraction of sp³-hybridized carbons (Fsp3) is 0.875. The van der Waals surface area contributed by atoms with E-state index in [1.54, 1.807) is 0 Å². The van der Waals surface area contributed by atoms with Crippen molar-refractivity contribution in [2.45, 2.75) is 357 Å². The van der Waals surface area contributed by atoms with Crippen molar-refractivity contribution in [2.24, 2.45) is 0 Å². The van der Waals surface area contributed by atoms with Crippen LogP contribution in [-0.4, -0.2) is 48.8 Å². The molecule has 4 heteroatoms. The highest BCUT2D eigenvalue weighted by Gasteiger charge is 2.39. The predicted molar refractivity (Wildman–Crippen MR) is 293 cm³/mol. The molecule has 0 radical (unpaired) electrons. The Morgan fingerprint density at radius 3 is 0.397 bits per heavy atom. The van der Waals surface area contributed by atoms with Crippen molar-refractivity contribution in [3.63, 3.8) is 0 Å². The summed E-state index contributed by atoms with van der Waals surface area (Å²) in [6.07, 6.45) is 89.7. The first-order valence-electron chi connectivity index (χ1n) is 31.1. The lowest BCUT2D eigenvalue weighted by Gasteiger charge is -2.01. The fourth-order valence-electron chi connectivity index (χ4n) is 11.4. The zero-order chi connectivity index (χ0) is 47.0. The fourth-order valence-corrected chi connectivity index (χ4v) is 11.4. The van der Waals surface area contributed by atoms with Crippen LogP contribution in [0.15, 0.2) is 48.6 Å². The molecular formula is C64H112O4. The third kappa shape index (κ3) is 32.0. The van der Waals surface area contributed by atoms with E-state index in [-0.39, 0.29) is 0 Å². The Morgan fingerprint density at radius 2 is 0.265 bits per heavy atom. The van der Waals surface area contributed by atoms with Gasteiger partial charge >= 0.3 is 0 Å². The van der Waals surface area contributed by atoms with E-state index in [0.29, 0.717) is 48.8 Å². The van der Waals surface area contributed by atoms with Crippen LogP contribution in [0.3, 0.4) is 0 Å². The van der Waals surface area contributed by atoms with Gasteiger partial charge in [0.05, 0.1) is 48.8 Å². The lowest BCUT2D eigenvalue weighted by atomic mass is 10.0. The van der Waals surface area contributed by atoms with Crippen LogP contribution in [0.2, 0.25) is 0 Å². The quantitative estimate of drug-likeness (QED) is 0.179. The molecule has 0 aromatic rings. The molecule has 4 fully saturated rings. The normalized spacial score (nSPS) is 34.8.